The lowest BCUT2D eigenvalue weighted by Gasteiger charge is -2.13. The number of aromatic nitrogens is 2. The first-order valence-corrected chi connectivity index (χ1v) is 11.5. The number of nitrogens with zero attached hydrogens (tertiary/aromatic N) is 3. The third-order valence-electron chi connectivity index (χ3n) is 5.53. The quantitative estimate of drug-likeness (QED) is 0.309. The number of carboxylic acids is 2. The van der Waals surface area contributed by atoms with Gasteiger partial charge in [-0.3, -0.25) is 4.79 Å². The molecule has 10 heteroatoms. The van der Waals surface area contributed by atoms with E-state index in [1.54, 1.807) is 24.3 Å². The van der Waals surface area contributed by atoms with Crippen LogP contribution < -0.4 is 5.56 Å². The molecule has 2 aromatic heterocycles. The first kappa shape index (κ1) is 24.1. The average molecular weight is 538 g/mol. The van der Waals surface area contributed by atoms with E-state index < -0.39 is 11.9 Å². The predicted octanol–water partition coefficient (Wildman–Crippen LogP) is 5.21. The van der Waals surface area contributed by atoms with Crippen LogP contribution in [0.15, 0.2) is 67.3 Å². The van der Waals surface area contributed by atoms with E-state index in [2.05, 4.69) is 26.0 Å². The van der Waals surface area contributed by atoms with Crippen molar-refractivity contribution in [3.05, 3.63) is 86.1 Å². The Kier molecular flexibility index (Phi) is 6.65. The zero-order valence-corrected chi connectivity index (χ0v) is 20.3. The van der Waals surface area contributed by atoms with Gasteiger partial charge in [-0.25, -0.2) is 14.6 Å². The molecule has 2 N–H and O–H groups in total. The first-order chi connectivity index (χ1) is 16.7. The van der Waals surface area contributed by atoms with Crippen LogP contribution in [0.3, 0.4) is 0 Å². The summed E-state index contributed by atoms with van der Waals surface area (Å²) in [5.74, 6) is -1.49. The summed E-state index contributed by atoms with van der Waals surface area (Å²) in [7, 11) is 0. The van der Waals surface area contributed by atoms with Crippen molar-refractivity contribution in [2.24, 2.45) is 5.10 Å². The van der Waals surface area contributed by atoms with Gasteiger partial charge in [-0.15, -0.1) is 0 Å². The number of carboxylic acid groups (broad SMARTS) is 2. The molecule has 0 amide bonds. The summed E-state index contributed by atoms with van der Waals surface area (Å²) >= 11 is 3.38. The molecule has 0 aliphatic rings. The monoisotopic (exact) mass is 537 g/mol. The lowest BCUT2D eigenvalue weighted by molar-refractivity contribution is 0.0696. The van der Waals surface area contributed by atoms with Gasteiger partial charge in [-0.1, -0.05) is 29.8 Å². The van der Waals surface area contributed by atoms with E-state index in [1.165, 1.54) is 23.0 Å². The van der Waals surface area contributed by atoms with E-state index in [9.17, 15) is 24.6 Å². The zero-order valence-electron chi connectivity index (χ0n) is 18.7. The minimum Gasteiger partial charge on any atom is -0.478 e. The molecule has 0 fully saturated rings. The number of hydrogen-bond donors (Lipinski definition) is 2. The Morgan fingerprint density at radius 2 is 1.80 bits per heavy atom. The van der Waals surface area contributed by atoms with Gasteiger partial charge in [0, 0.05) is 16.0 Å². The number of rotatable bonds is 7. The number of hydrogen-bond acceptors (Lipinski definition) is 6. The van der Waals surface area contributed by atoms with Crippen molar-refractivity contribution in [3.63, 3.8) is 0 Å². The molecule has 0 saturated heterocycles. The summed E-state index contributed by atoms with van der Waals surface area (Å²) in [5.41, 5.74) is 0.189. The number of furan rings is 1. The van der Waals surface area contributed by atoms with Crippen molar-refractivity contribution in [2.45, 2.75) is 26.2 Å². The summed E-state index contributed by atoms with van der Waals surface area (Å²) in [6, 6.07) is 12.2. The molecule has 0 aliphatic carbocycles. The average Bonchev–Trinajstić information content (AvgIpc) is 3.32. The normalized spacial score (nSPS) is 12.3. The predicted molar refractivity (Wildman–Crippen MR) is 133 cm³/mol. The van der Waals surface area contributed by atoms with Crippen molar-refractivity contribution in [2.75, 3.05) is 0 Å². The summed E-state index contributed by atoms with van der Waals surface area (Å²) in [6.45, 7) is 3.95. The number of benzene rings is 2. The molecular formula is C25H20BrN3O6. The number of fused-ring (bicyclic) bond motifs is 1. The third-order valence-corrected chi connectivity index (χ3v) is 6.02. The molecule has 9 nitrogen and oxygen atoms in total. The zero-order chi connectivity index (χ0) is 25.3. The van der Waals surface area contributed by atoms with E-state index >= 15 is 0 Å². The maximum absolute atomic E-state index is 13.2. The Bertz CT molecular complexity index is 1520. The highest BCUT2D eigenvalue weighted by atomic mass is 79.9. The van der Waals surface area contributed by atoms with Crippen LogP contribution in [0.4, 0.5) is 0 Å². The van der Waals surface area contributed by atoms with Crippen LogP contribution in [0.1, 0.15) is 58.5 Å². The Hall–Kier alpha value is -4.05. The minimum absolute atomic E-state index is 0.0340. The lowest BCUT2D eigenvalue weighted by atomic mass is 10.0. The second kappa shape index (κ2) is 9.67. The molecule has 35 heavy (non-hydrogen) atoms. The van der Waals surface area contributed by atoms with Crippen LogP contribution in [-0.4, -0.2) is 38.0 Å². The third kappa shape index (κ3) is 4.92. The molecule has 0 spiro atoms. The molecule has 0 saturated carbocycles. The van der Waals surface area contributed by atoms with Gasteiger partial charge >= 0.3 is 11.9 Å². The Morgan fingerprint density at radius 3 is 2.43 bits per heavy atom. The van der Waals surface area contributed by atoms with E-state index in [0.717, 1.165) is 17.0 Å². The Morgan fingerprint density at radius 1 is 1.11 bits per heavy atom. The fraction of sp³-hybridized carbons (Fsp3) is 0.160. The van der Waals surface area contributed by atoms with E-state index in [0.29, 0.717) is 16.7 Å². The Balaban J connectivity index is 1.76. The highest BCUT2D eigenvalue weighted by Gasteiger charge is 2.17. The van der Waals surface area contributed by atoms with Crippen LogP contribution in [0, 0.1) is 0 Å². The van der Waals surface area contributed by atoms with E-state index in [1.807, 2.05) is 19.9 Å². The van der Waals surface area contributed by atoms with Gasteiger partial charge in [-0.05, 0) is 55.0 Å². The SMILES string of the molecule is CC[C@@H](C)c1nc2ccc(Br)cc2c(=O)n1N=Cc1ccc(-c2cc(C(=O)O)cc(C(=O)O)c2)o1. The van der Waals surface area contributed by atoms with Gasteiger partial charge < -0.3 is 14.6 Å². The number of aromatic carboxylic acids is 2. The lowest BCUT2D eigenvalue weighted by Crippen LogP contribution is -2.23. The second-order valence-corrected chi connectivity index (χ2v) is 8.83. The van der Waals surface area contributed by atoms with Crippen LogP contribution in [-0.2, 0) is 0 Å². The molecular weight excluding hydrogens is 518 g/mol. The van der Waals surface area contributed by atoms with Crippen LogP contribution in [0.25, 0.3) is 22.2 Å². The molecule has 4 aromatic rings. The topological polar surface area (TPSA) is 135 Å². The summed E-state index contributed by atoms with van der Waals surface area (Å²) in [5, 5.41) is 23.4. The van der Waals surface area contributed by atoms with Crippen LogP contribution >= 0.6 is 15.9 Å². The van der Waals surface area contributed by atoms with Gasteiger partial charge in [0.05, 0.1) is 28.2 Å². The highest BCUT2D eigenvalue weighted by Crippen LogP contribution is 2.25. The molecule has 2 heterocycles. The van der Waals surface area contributed by atoms with Crippen molar-refractivity contribution in [1.29, 1.82) is 0 Å². The van der Waals surface area contributed by atoms with Crippen molar-refractivity contribution >= 4 is 45.0 Å². The molecule has 4 rings (SSSR count). The largest absolute Gasteiger partial charge is 0.478 e. The minimum atomic E-state index is -1.25. The van der Waals surface area contributed by atoms with Gasteiger partial charge in [0.2, 0.25) is 0 Å². The van der Waals surface area contributed by atoms with Crippen molar-refractivity contribution in [3.8, 4) is 11.3 Å². The highest BCUT2D eigenvalue weighted by molar-refractivity contribution is 9.10. The summed E-state index contributed by atoms with van der Waals surface area (Å²) in [6.07, 6.45) is 2.11. The van der Waals surface area contributed by atoms with Gasteiger partial charge in [-0.2, -0.15) is 9.78 Å². The summed E-state index contributed by atoms with van der Waals surface area (Å²) < 4.78 is 7.75. The molecule has 0 aliphatic heterocycles. The van der Waals surface area contributed by atoms with E-state index in [4.69, 9.17) is 4.42 Å². The summed E-state index contributed by atoms with van der Waals surface area (Å²) in [4.78, 5) is 40.7. The van der Waals surface area contributed by atoms with Gasteiger partial charge in [0.1, 0.15) is 17.3 Å². The molecule has 0 unspecified atom stereocenters. The first-order valence-electron chi connectivity index (χ1n) is 10.7. The maximum atomic E-state index is 13.2. The standard InChI is InChI=1S/C25H20BrN3O6/c1-3-13(2)22-28-20-6-4-17(26)11-19(20)23(30)29(22)27-12-18-5-7-21(35-18)14-8-15(24(31)32)10-16(9-14)25(33)34/h4-13H,3H2,1-2H3,(H,31,32)(H,33,34)/t13-/m1/s1. The molecule has 0 radical (unpaired) electrons. The second-order valence-electron chi connectivity index (χ2n) is 7.91. The number of carbonyl (C=O) groups is 2. The van der Waals surface area contributed by atoms with Crippen molar-refractivity contribution in [1.82, 2.24) is 9.66 Å². The van der Waals surface area contributed by atoms with Gasteiger partial charge in [0.25, 0.3) is 5.56 Å². The van der Waals surface area contributed by atoms with Crippen LogP contribution in [0.2, 0.25) is 0 Å². The fourth-order valence-electron chi connectivity index (χ4n) is 3.49. The van der Waals surface area contributed by atoms with Gasteiger partial charge in [0.15, 0.2) is 0 Å². The van der Waals surface area contributed by atoms with Crippen LogP contribution in [0.5, 0.6) is 0 Å². The molecule has 1 atom stereocenters. The molecule has 178 valence electrons. The maximum Gasteiger partial charge on any atom is 0.335 e. The molecule has 0 bridgehead atoms. The molecule has 2 aromatic carbocycles. The Labute approximate surface area is 207 Å². The van der Waals surface area contributed by atoms with Crippen molar-refractivity contribution < 1.29 is 24.2 Å². The number of halogens is 1. The smallest absolute Gasteiger partial charge is 0.335 e. The van der Waals surface area contributed by atoms with E-state index in [-0.39, 0.29) is 39.7 Å². The fourth-order valence-corrected chi connectivity index (χ4v) is 3.85.